The number of phenolic OH excluding ortho intramolecular Hbond substituents is 1. The number of para-hydroxylation sites is 1. The van der Waals surface area contributed by atoms with Crippen LogP contribution in [-0.4, -0.2) is 28.2 Å². The molecule has 132 valence electrons. The highest BCUT2D eigenvalue weighted by molar-refractivity contribution is 6.32. The molecule has 0 unspecified atom stereocenters. The predicted octanol–water partition coefficient (Wildman–Crippen LogP) is 4.73. The lowest BCUT2D eigenvalue weighted by Gasteiger charge is -2.15. The largest absolute Gasteiger partial charge is 0.506 e. The molecular formula is C19H21Cl2N3O. The molecule has 1 heterocycles. The molecule has 0 saturated carbocycles. The van der Waals surface area contributed by atoms with Gasteiger partial charge in [0, 0.05) is 17.9 Å². The van der Waals surface area contributed by atoms with Crippen LogP contribution < -0.4 is 0 Å². The van der Waals surface area contributed by atoms with Crippen LogP contribution in [0, 0.1) is 11.3 Å². The number of hydrogen-bond donors (Lipinski definition) is 2. The molecule has 0 spiro atoms. The first-order valence-corrected chi connectivity index (χ1v) is 8.39. The maximum absolute atomic E-state index is 10.2. The molecule has 4 nitrogen and oxygen atoms in total. The van der Waals surface area contributed by atoms with E-state index in [0.29, 0.717) is 29.4 Å². The summed E-state index contributed by atoms with van der Waals surface area (Å²) in [6, 6.07) is 15.4. The second kappa shape index (κ2) is 8.37. The summed E-state index contributed by atoms with van der Waals surface area (Å²) in [6.07, 6.45) is 1.45. The van der Waals surface area contributed by atoms with Gasteiger partial charge < -0.3 is 5.11 Å². The Morgan fingerprint density at radius 2 is 1.96 bits per heavy atom. The topological polar surface area (TPSA) is 59.7 Å². The molecule has 1 aliphatic rings. The van der Waals surface area contributed by atoms with Gasteiger partial charge in [-0.25, -0.2) is 0 Å². The highest BCUT2D eigenvalue weighted by Crippen LogP contribution is 2.31. The van der Waals surface area contributed by atoms with E-state index in [-0.39, 0.29) is 24.1 Å². The van der Waals surface area contributed by atoms with Crippen LogP contribution in [-0.2, 0) is 6.42 Å². The molecule has 0 fully saturated rings. The van der Waals surface area contributed by atoms with Gasteiger partial charge in [0.2, 0.25) is 0 Å². The number of aryl methyl sites for hydroxylation is 1. The third kappa shape index (κ3) is 4.33. The van der Waals surface area contributed by atoms with Crippen LogP contribution in [0.4, 0.5) is 0 Å². The normalized spacial score (nSPS) is 16.3. The zero-order chi connectivity index (χ0) is 17.1. The van der Waals surface area contributed by atoms with Crippen molar-refractivity contribution in [2.75, 3.05) is 6.54 Å². The van der Waals surface area contributed by atoms with Crippen LogP contribution in [0.2, 0.25) is 5.02 Å². The Bertz CT molecular complexity index is 777. The van der Waals surface area contributed by atoms with Crippen LogP contribution in [0.3, 0.4) is 0 Å². The molecular weight excluding hydrogens is 357 g/mol. The first-order chi connectivity index (χ1) is 11.6. The molecule has 0 radical (unpaired) electrons. The van der Waals surface area contributed by atoms with Gasteiger partial charge in [0.05, 0.1) is 17.3 Å². The minimum absolute atomic E-state index is 0. The molecule has 0 saturated heterocycles. The number of amidine groups is 1. The second-order valence-corrected chi connectivity index (χ2v) is 6.44. The fourth-order valence-electron chi connectivity index (χ4n) is 2.86. The van der Waals surface area contributed by atoms with Gasteiger partial charge in [-0.3, -0.25) is 10.4 Å². The maximum Gasteiger partial charge on any atom is 0.143 e. The van der Waals surface area contributed by atoms with Crippen molar-refractivity contribution >= 4 is 35.6 Å². The Hall–Kier alpha value is -2.04. The summed E-state index contributed by atoms with van der Waals surface area (Å²) >= 11 is 6.00. The Morgan fingerprint density at radius 1 is 1.24 bits per heavy atom. The number of nitrogens with one attached hydrogen (secondary N) is 1. The van der Waals surface area contributed by atoms with Gasteiger partial charge in [-0.2, -0.15) is 5.10 Å². The van der Waals surface area contributed by atoms with Gasteiger partial charge in [0.25, 0.3) is 0 Å². The molecule has 2 aromatic rings. The summed E-state index contributed by atoms with van der Waals surface area (Å²) in [5, 5.41) is 25.1. The van der Waals surface area contributed by atoms with E-state index in [1.54, 1.807) is 17.1 Å². The number of hydrogen-bond acceptors (Lipinski definition) is 3. The zero-order valence-corrected chi connectivity index (χ0v) is 15.5. The monoisotopic (exact) mass is 377 g/mol. The molecule has 0 aliphatic carbocycles. The molecule has 0 amide bonds. The van der Waals surface area contributed by atoms with Crippen molar-refractivity contribution in [3.63, 3.8) is 0 Å². The van der Waals surface area contributed by atoms with E-state index >= 15 is 0 Å². The minimum atomic E-state index is 0. The van der Waals surface area contributed by atoms with Crippen molar-refractivity contribution < 1.29 is 5.11 Å². The van der Waals surface area contributed by atoms with E-state index in [1.807, 2.05) is 31.2 Å². The molecule has 3 rings (SSSR count). The van der Waals surface area contributed by atoms with E-state index in [0.717, 1.165) is 12.1 Å². The van der Waals surface area contributed by atoms with Gasteiger partial charge >= 0.3 is 0 Å². The maximum atomic E-state index is 10.2. The molecule has 2 N–H and O–H groups in total. The molecule has 1 aliphatic heterocycles. The van der Waals surface area contributed by atoms with Crippen molar-refractivity contribution in [1.82, 2.24) is 5.01 Å². The smallest absolute Gasteiger partial charge is 0.143 e. The van der Waals surface area contributed by atoms with Crippen molar-refractivity contribution in [3.05, 3.63) is 64.7 Å². The van der Waals surface area contributed by atoms with E-state index in [4.69, 9.17) is 17.0 Å². The van der Waals surface area contributed by atoms with E-state index in [9.17, 15) is 5.11 Å². The standard InChI is InChI=1S/C19H20ClN3O.ClH/c1-13-12-23(17(21)11-10-14-6-3-2-4-7-14)22-18(13)15-8-5-9-16(20)19(15)24;/h2-9,13,21,24H,10-12H2,1H3;1H/t13-;/m0./s1. The third-order valence-corrected chi connectivity index (χ3v) is 4.51. The first kappa shape index (κ1) is 19.3. The number of rotatable bonds is 4. The number of hydrazone groups is 1. The van der Waals surface area contributed by atoms with Gasteiger partial charge in [0.15, 0.2) is 0 Å². The number of halogens is 2. The summed E-state index contributed by atoms with van der Waals surface area (Å²) in [5.41, 5.74) is 2.64. The molecule has 25 heavy (non-hydrogen) atoms. The average molecular weight is 378 g/mol. The number of aromatic hydroxyl groups is 1. The lowest BCUT2D eigenvalue weighted by Crippen LogP contribution is -2.25. The summed E-state index contributed by atoms with van der Waals surface area (Å²) in [7, 11) is 0. The Labute approximate surface area is 159 Å². The Kier molecular flexibility index (Phi) is 6.45. The van der Waals surface area contributed by atoms with E-state index in [2.05, 4.69) is 17.2 Å². The van der Waals surface area contributed by atoms with Gasteiger partial charge in [-0.15, -0.1) is 12.4 Å². The summed E-state index contributed by atoms with van der Waals surface area (Å²) in [6.45, 7) is 2.69. The van der Waals surface area contributed by atoms with Crippen molar-refractivity contribution in [2.24, 2.45) is 11.0 Å². The van der Waals surface area contributed by atoms with Crippen LogP contribution in [0.1, 0.15) is 24.5 Å². The number of benzene rings is 2. The van der Waals surface area contributed by atoms with Crippen LogP contribution in [0.25, 0.3) is 0 Å². The third-order valence-electron chi connectivity index (χ3n) is 4.21. The van der Waals surface area contributed by atoms with Crippen molar-refractivity contribution in [2.45, 2.75) is 19.8 Å². The number of nitrogens with zero attached hydrogens (tertiary/aromatic N) is 2. The molecule has 2 aromatic carbocycles. The van der Waals surface area contributed by atoms with E-state index < -0.39 is 0 Å². The first-order valence-electron chi connectivity index (χ1n) is 8.01. The SMILES string of the molecule is C[C@H]1CN(C(=N)CCc2ccccc2)N=C1c1cccc(Cl)c1O.Cl. The second-order valence-electron chi connectivity index (χ2n) is 6.04. The zero-order valence-electron chi connectivity index (χ0n) is 13.9. The Balaban J connectivity index is 0.00000225. The van der Waals surface area contributed by atoms with E-state index in [1.165, 1.54) is 5.56 Å². The molecule has 1 atom stereocenters. The highest BCUT2D eigenvalue weighted by Gasteiger charge is 2.28. The van der Waals surface area contributed by atoms with Crippen molar-refractivity contribution in [3.8, 4) is 5.75 Å². The molecule has 0 bridgehead atoms. The van der Waals surface area contributed by atoms with Crippen molar-refractivity contribution in [1.29, 1.82) is 5.41 Å². The quantitative estimate of drug-likeness (QED) is 0.597. The fraction of sp³-hybridized carbons (Fsp3) is 0.263. The van der Waals surface area contributed by atoms with Crippen LogP contribution >= 0.6 is 24.0 Å². The van der Waals surface area contributed by atoms with Gasteiger partial charge in [0.1, 0.15) is 11.6 Å². The van der Waals surface area contributed by atoms with Crippen LogP contribution in [0.5, 0.6) is 5.75 Å². The fourth-order valence-corrected chi connectivity index (χ4v) is 3.04. The average Bonchev–Trinajstić information content (AvgIpc) is 2.98. The summed E-state index contributed by atoms with van der Waals surface area (Å²) in [5.74, 6) is 0.677. The van der Waals surface area contributed by atoms with Gasteiger partial charge in [-0.1, -0.05) is 54.9 Å². The number of phenols is 1. The lowest BCUT2D eigenvalue weighted by molar-refractivity contribution is 0.443. The van der Waals surface area contributed by atoms with Gasteiger partial charge in [-0.05, 0) is 24.1 Å². The Morgan fingerprint density at radius 3 is 2.68 bits per heavy atom. The molecule has 0 aromatic heterocycles. The highest BCUT2D eigenvalue weighted by atomic mass is 35.5. The summed E-state index contributed by atoms with van der Waals surface area (Å²) in [4.78, 5) is 0. The van der Waals surface area contributed by atoms with Crippen LogP contribution in [0.15, 0.2) is 53.6 Å². The minimum Gasteiger partial charge on any atom is -0.506 e. The summed E-state index contributed by atoms with van der Waals surface area (Å²) < 4.78 is 0. The lowest BCUT2D eigenvalue weighted by atomic mass is 9.98. The molecule has 6 heteroatoms. The predicted molar refractivity (Wildman–Crippen MR) is 105 cm³/mol.